The molecule has 0 saturated carbocycles. The van der Waals surface area contributed by atoms with Gasteiger partial charge in [0, 0.05) is 30.4 Å². The van der Waals surface area contributed by atoms with Crippen molar-refractivity contribution in [1.82, 2.24) is 24.5 Å². The van der Waals surface area contributed by atoms with Crippen LogP contribution in [-0.2, 0) is 7.05 Å². The van der Waals surface area contributed by atoms with Crippen molar-refractivity contribution in [2.75, 3.05) is 0 Å². The van der Waals surface area contributed by atoms with E-state index in [1.807, 2.05) is 24.9 Å². The standard InChI is InChI=1S/C14H16IN5/c1-8(2)11-7-20(17-13(11)15)12-5-10-6-19(4)18-14(10)16-9(12)3/h5-8H,1-4H3. The maximum atomic E-state index is 4.61. The second-order valence-corrected chi connectivity index (χ2v) is 6.30. The van der Waals surface area contributed by atoms with Crippen LogP contribution < -0.4 is 0 Å². The zero-order valence-electron chi connectivity index (χ0n) is 11.9. The Bertz CT molecular complexity index is 784. The lowest BCUT2D eigenvalue weighted by atomic mass is 10.1. The summed E-state index contributed by atoms with van der Waals surface area (Å²) in [5.74, 6) is 0.464. The molecule has 0 spiro atoms. The van der Waals surface area contributed by atoms with Crippen LogP contribution >= 0.6 is 22.6 Å². The highest BCUT2D eigenvalue weighted by Gasteiger charge is 2.14. The van der Waals surface area contributed by atoms with E-state index in [0.717, 1.165) is 26.1 Å². The van der Waals surface area contributed by atoms with Gasteiger partial charge in [0.25, 0.3) is 0 Å². The molecule has 104 valence electrons. The maximum Gasteiger partial charge on any atom is 0.181 e. The van der Waals surface area contributed by atoms with E-state index in [1.165, 1.54) is 5.56 Å². The lowest BCUT2D eigenvalue weighted by Crippen LogP contribution is -2.00. The van der Waals surface area contributed by atoms with Crippen LogP contribution in [0.15, 0.2) is 18.5 Å². The third-order valence-corrected chi connectivity index (χ3v) is 4.18. The first kappa shape index (κ1) is 13.5. The van der Waals surface area contributed by atoms with Crippen LogP contribution in [0.4, 0.5) is 0 Å². The van der Waals surface area contributed by atoms with Gasteiger partial charge in [0.05, 0.1) is 11.4 Å². The first-order chi connectivity index (χ1) is 9.45. The minimum absolute atomic E-state index is 0.464. The van der Waals surface area contributed by atoms with E-state index in [-0.39, 0.29) is 0 Å². The summed E-state index contributed by atoms with van der Waals surface area (Å²) in [6.07, 6.45) is 4.07. The average molecular weight is 381 g/mol. The molecule has 0 aliphatic rings. The SMILES string of the molecule is Cc1nc2nn(C)cc2cc1-n1cc(C(C)C)c(I)n1. The van der Waals surface area contributed by atoms with Gasteiger partial charge in [0.2, 0.25) is 0 Å². The average Bonchev–Trinajstić information content (AvgIpc) is 2.90. The van der Waals surface area contributed by atoms with Crippen LogP contribution in [0.5, 0.6) is 0 Å². The van der Waals surface area contributed by atoms with E-state index in [1.54, 1.807) is 4.68 Å². The molecule has 0 atom stereocenters. The van der Waals surface area contributed by atoms with Crippen molar-refractivity contribution >= 4 is 33.6 Å². The Morgan fingerprint density at radius 1 is 1.20 bits per heavy atom. The molecule has 0 fully saturated rings. The normalized spacial score (nSPS) is 11.7. The molecule has 5 nitrogen and oxygen atoms in total. The number of hydrogen-bond acceptors (Lipinski definition) is 3. The summed E-state index contributed by atoms with van der Waals surface area (Å²) in [6.45, 7) is 6.35. The van der Waals surface area contributed by atoms with Crippen LogP contribution in [0.3, 0.4) is 0 Å². The van der Waals surface area contributed by atoms with Crippen molar-refractivity contribution in [1.29, 1.82) is 0 Å². The summed E-state index contributed by atoms with van der Waals surface area (Å²) >= 11 is 2.29. The van der Waals surface area contributed by atoms with Gasteiger partial charge in [0.15, 0.2) is 5.65 Å². The van der Waals surface area contributed by atoms with Crippen LogP contribution in [0, 0.1) is 10.6 Å². The summed E-state index contributed by atoms with van der Waals surface area (Å²) in [5, 5.41) is 9.98. The molecule has 3 rings (SSSR count). The summed E-state index contributed by atoms with van der Waals surface area (Å²) in [7, 11) is 1.91. The molecule has 0 saturated heterocycles. The predicted molar refractivity (Wildman–Crippen MR) is 87.2 cm³/mol. The van der Waals surface area contributed by atoms with Gasteiger partial charge in [-0.05, 0) is 41.5 Å². The van der Waals surface area contributed by atoms with Crippen molar-refractivity contribution in [3.8, 4) is 5.69 Å². The monoisotopic (exact) mass is 381 g/mol. The molecule has 0 bridgehead atoms. The minimum Gasteiger partial charge on any atom is -0.273 e. The minimum atomic E-state index is 0.464. The molecular weight excluding hydrogens is 365 g/mol. The molecule has 0 radical (unpaired) electrons. The number of fused-ring (bicyclic) bond motifs is 1. The fourth-order valence-electron chi connectivity index (χ4n) is 2.26. The Balaban J connectivity index is 2.18. The second-order valence-electron chi connectivity index (χ2n) is 5.28. The Labute approximate surface area is 131 Å². The zero-order chi connectivity index (χ0) is 14.4. The van der Waals surface area contributed by atoms with Crippen molar-refractivity contribution in [2.45, 2.75) is 26.7 Å². The fraction of sp³-hybridized carbons (Fsp3) is 0.357. The van der Waals surface area contributed by atoms with Gasteiger partial charge in [-0.2, -0.15) is 10.2 Å². The number of aromatic nitrogens is 5. The molecule has 0 amide bonds. The summed E-state index contributed by atoms with van der Waals surface area (Å²) < 4.78 is 4.75. The Morgan fingerprint density at radius 2 is 1.95 bits per heavy atom. The largest absolute Gasteiger partial charge is 0.273 e. The van der Waals surface area contributed by atoms with Crippen LogP contribution in [0.25, 0.3) is 16.7 Å². The quantitative estimate of drug-likeness (QED) is 0.641. The van der Waals surface area contributed by atoms with Gasteiger partial charge in [-0.25, -0.2) is 9.67 Å². The van der Waals surface area contributed by atoms with Crippen molar-refractivity contribution in [3.63, 3.8) is 0 Å². The molecule has 6 heteroatoms. The molecule has 3 aromatic rings. The maximum absolute atomic E-state index is 4.61. The Morgan fingerprint density at radius 3 is 2.60 bits per heavy atom. The molecular formula is C14H16IN5. The lowest BCUT2D eigenvalue weighted by Gasteiger charge is -2.05. The van der Waals surface area contributed by atoms with E-state index >= 15 is 0 Å². The Kier molecular flexibility index (Phi) is 3.27. The number of pyridine rings is 1. The van der Waals surface area contributed by atoms with Crippen molar-refractivity contribution in [2.24, 2.45) is 7.05 Å². The number of aryl methyl sites for hydroxylation is 2. The fourth-order valence-corrected chi connectivity index (χ4v) is 3.25. The molecule has 0 aliphatic heterocycles. The highest BCUT2D eigenvalue weighted by atomic mass is 127. The zero-order valence-corrected chi connectivity index (χ0v) is 14.1. The second kappa shape index (κ2) is 4.83. The third kappa shape index (κ3) is 2.21. The molecule has 20 heavy (non-hydrogen) atoms. The van der Waals surface area contributed by atoms with Crippen LogP contribution in [0.1, 0.15) is 31.0 Å². The van der Waals surface area contributed by atoms with Gasteiger partial charge in [0.1, 0.15) is 3.70 Å². The van der Waals surface area contributed by atoms with Crippen molar-refractivity contribution < 1.29 is 0 Å². The molecule has 0 aromatic carbocycles. The highest BCUT2D eigenvalue weighted by Crippen LogP contribution is 2.24. The molecule has 3 heterocycles. The van der Waals surface area contributed by atoms with Gasteiger partial charge in [-0.15, -0.1) is 0 Å². The van der Waals surface area contributed by atoms with Gasteiger partial charge in [-0.1, -0.05) is 13.8 Å². The molecule has 3 aromatic heterocycles. The lowest BCUT2D eigenvalue weighted by molar-refractivity contribution is 0.775. The van der Waals surface area contributed by atoms with E-state index in [0.29, 0.717) is 5.92 Å². The molecule has 0 aliphatic carbocycles. The number of rotatable bonds is 2. The van der Waals surface area contributed by atoms with Gasteiger partial charge >= 0.3 is 0 Å². The van der Waals surface area contributed by atoms with Gasteiger partial charge in [-0.3, -0.25) is 4.68 Å². The first-order valence-electron chi connectivity index (χ1n) is 6.52. The number of hydrogen-bond donors (Lipinski definition) is 0. The Hall–Kier alpha value is -1.44. The van der Waals surface area contributed by atoms with E-state index in [4.69, 9.17) is 0 Å². The first-order valence-corrected chi connectivity index (χ1v) is 7.60. The topological polar surface area (TPSA) is 48.5 Å². The van der Waals surface area contributed by atoms with E-state index < -0.39 is 0 Å². The van der Waals surface area contributed by atoms with Gasteiger partial charge < -0.3 is 0 Å². The van der Waals surface area contributed by atoms with Crippen molar-refractivity contribution in [3.05, 3.63) is 33.4 Å². The predicted octanol–water partition coefficient (Wildman–Crippen LogP) is 3.19. The van der Waals surface area contributed by atoms with E-state index in [2.05, 4.69) is 63.9 Å². The third-order valence-electron chi connectivity index (χ3n) is 3.34. The highest BCUT2D eigenvalue weighted by molar-refractivity contribution is 14.1. The molecule has 0 unspecified atom stereocenters. The summed E-state index contributed by atoms with van der Waals surface area (Å²) in [5.41, 5.74) is 3.98. The smallest absolute Gasteiger partial charge is 0.181 e. The van der Waals surface area contributed by atoms with E-state index in [9.17, 15) is 0 Å². The summed E-state index contributed by atoms with van der Waals surface area (Å²) in [4.78, 5) is 4.56. The number of nitrogens with zero attached hydrogens (tertiary/aromatic N) is 5. The molecule has 0 N–H and O–H groups in total. The number of halogens is 1. The summed E-state index contributed by atoms with van der Waals surface area (Å²) in [6, 6.07) is 2.10. The van der Waals surface area contributed by atoms with Crippen LogP contribution in [-0.4, -0.2) is 24.5 Å². The van der Waals surface area contributed by atoms with Crippen LogP contribution in [0.2, 0.25) is 0 Å².